The maximum Gasteiger partial charge on any atom is 0.115 e. The molecule has 16 heavy (non-hydrogen) atoms. The van der Waals surface area contributed by atoms with Crippen molar-refractivity contribution < 1.29 is 5.11 Å². The molecule has 0 aromatic carbocycles. The highest BCUT2D eigenvalue weighted by Gasteiger charge is 2.35. The van der Waals surface area contributed by atoms with Crippen LogP contribution in [0.1, 0.15) is 31.2 Å². The van der Waals surface area contributed by atoms with E-state index >= 15 is 0 Å². The van der Waals surface area contributed by atoms with Gasteiger partial charge in [0.05, 0.1) is 0 Å². The molecule has 0 unspecified atom stereocenters. The molecule has 4 heteroatoms. The summed E-state index contributed by atoms with van der Waals surface area (Å²) in [7, 11) is 0. The standard InChI is InChI=1S/C12H19N3O/c16-5-4-12(2-1-3-12)9-13-6-11-7-14-10-15-8-11/h7-8,10,13,16H,1-6,9H2. The molecule has 0 amide bonds. The highest BCUT2D eigenvalue weighted by Crippen LogP contribution is 2.43. The summed E-state index contributed by atoms with van der Waals surface area (Å²) in [5.41, 5.74) is 1.46. The summed E-state index contributed by atoms with van der Waals surface area (Å²) in [4.78, 5) is 7.96. The van der Waals surface area contributed by atoms with Crippen molar-refractivity contribution in [2.75, 3.05) is 13.2 Å². The largest absolute Gasteiger partial charge is 0.396 e. The van der Waals surface area contributed by atoms with E-state index in [2.05, 4.69) is 15.3 Å². The number of aromatic nitrogens is 2. The van der Waals surface area contributed by atoms with Gasteiger partial charge in [-0.15, -0.1) is 0 Å². The van der Waals surface area contributed by atoms with Gasteiger partial charge in [0, 0.05) is 37.7 Å². The Kier molecular flexibility index (Phi) is 3.85. The van der Waals surface area contributed by atoms with E-state index in [0.717, 1.165) is 25.1 Å². The van der Waals surface area contributed by atoms with Crippen LogP contribution in [0.5, 0.6) is 0 Å². The van der Waals surface area contributed by atoms with Gasteiger partial charge in [0.1, 0.15) is 6.33 Å². The number of aliphatic hydroxyl groups excluding tert-OH is 1. The third-order valence-corrected chi connectivity index (χ3v) is 3.50. The van der Waals surface area contributed by atoms with Crippen molar-refractivity contribution >= 4 is 0 Å². The topological polar surface area (TPSA) is 58.0 Å². The van der Waals surface area contributed by atoms with Crippen LogP contribution in [-0.4, -0.2) is 28.2 Å². The van der Waals surface area contributed by atoms with Gasteiger partial charge in [0.15, 0.2) is 0 Å². The molecule has 1 saturated carbocycles. The lowest BCUT2D eigenvalue weighted by Crippen LogP contribution is -2.40. The van der Waals surface area contributed by atoms with Crippen LogP contribution in [0.15, 0.2) is 18.7 Å². The second-order valence-electron chi connectivity index (χ2n) is 4.68. The minimum absolute atomic E-state index is 0.302. The molecule has 0 bridgehead atoms. The molecule has 1 heterocycles. The van der Waals surface area contributed by atoms with Gasteiger partial charge in [0.2, 0.25) is 0 Å². The number of nitrogens with zero attached hydrogens (tertiary/aromatic N) is 2. The first kappa shape index (κ1) is 11.5. The zero-order valence-electron chi connectivity index (χ0n) is 9.52. The lowest BCUT2D eigenvalue weighted by atomic mass is 9.67. The molecule has 4 nitrogen and oxygen atoms in total. The Morgan fingerprint density at radius 2 is 2.06 bits per heavy atom. The molecular weight excluding hydrogens is 202 g/mol. The normalized spacial score (nSPS) is 18.1. The summed E-state index contributed by atoms with van der Waals surface area (Å²) in [6.45, 7) is 2.10. The quantitative estimate of drug-likeness (QED) is 0.755. The Bertz CT molecular complexity index is 311. The van der Waals surface area contributed by atoms with Crippen LogP contribution in [0, 0.1) is 5.41 Å². The predicted molar refractivity (Wildman–Crippen MR) is 61.7 cm³/mol. The van der Waals surface area contributed by atoms with Crippen LogP contribution in [0.25, 0.3) is 0 Å². The van der Waals surface area contributed by atoms with Crippen LogP contribution < -0.4 is 5.32 Å². The van der Waals surface area contributed by atoms with Crippen molar-refractivity contribution in [3.05, 3.63) is 24.3 Å². The van der Waals surface area contributed by atoms with Gasteiger partial charge < -0.3 is 10.4 Å². The van der Waals surface area contributed by atoms with E-state index in [9.17, 15) is 0 Å². The van der Waals surface area contributed by atoms with Gasteiger partial charge in [-0.1, -0.05) is 6.42 Å². The number of nitrogens with one attached hydrogen (secondary N) is 1. The molecule has 0 radical (unpaired) electrons. The van der Waals surface area contributed by atoms with Gasteiger partial charge in [-0.05, 0) is 24.7 Å². The second kappa shape index (κ2) is 5.37. The Labute approximate surface area is 96.1 Å². The van der Waals surface area contributed by atoms with E-state index in [1.165, 1.54) is 19.3 Å². The Hall–Kier alpha value is -1.00. The van der Waals surface area contributed by atoms with Crippen molar-refractivity contribution in [3.8, 4) is 0 Å². The third kappa shape index (κ3) is 2.77. The van der Waals surface area contributed by atoms with Crippen LogP contribution in [0.4, 0.5) is 0 Å². The van der Waals surface area contributed by atoms with E-state index in [1.807, 2.05) is 12.4 Å². The molecule has 0 atom stereocenters. The van der Waals surface area contributed by atoms with Crippen LogP contribution >= 0.6 is 0 Å². The minimum atomic E-state index is 0.302. The maximum atomic E-state index is 9.04. The summed E-state index contributed by atoms with van der Waals surface area (Å²) >= 11 is 0. The summed E-state index contributed by atoms with van der Waals surface area (Å²) < 4.78 is 0. The fourth-order valence-electron chi connectivity index (χ4n) is 2.32. The van der Waals surface area contributed by atoms with Crippen molar-refractivity contribution in [1.82, 2.24) is 15.3 Å². The monoisotopic (exact) mass is 221 g/mol. The van der Waals surface area contributed by atoms with Crippen molar-refractivity contribution in [1.29, 1.82) is 0 Å². The Balaban J connectivity index is 1.75. The number of aliphatic hydroxyl groups is 1. The van der Waals surface area contributed by atoms with Crippen LogP contribution in [-0.2, 0) is 6.54 Å². The maximum absolute atomic E-state index is 9.04. The molecule has 0 spiro atoms. The number of hydrogen-bond donors (Lipinski definition) is 2. The summed E-state index contributed by atoms with van der Waals surface area (Å²) in [6.07, 6.45) is 9.92. The van der Waals surface area contributed by atoms with Crippen molar-refractivity contribution in [3.63, 3.8) is 0 Å². The average Bonchev–Trinajstić information content (AvgIpc) is 2.27. The SMILES string of the molecule is OCCC1(CNCc2cncnc2)CCC1. The fourth-order valence-corrected chi connectivity index (χ4v) is 2.32. The van der Waals surface area contributed by atoms with E-state index in [0.29, 0.717) is 12.0 Å². The predicted octanol–water partition coefficient (Wildman–Crippen LogP) is 1.12. The van der Waals surface area contributed by atoms with Gasteiger partial charge in [-0.2, -0.15) is 0 Å². The molecule has 1 aliphatic rings. The zero-order valence-corrected chi connectivity index (χ0v) is 9.52. The van der Waals surface area contributed by atoms with E-state index in [-0.39, 0.29) is 0 Å². The first-order valence-electron chi connectivity index (χ1n) is 5.90. The van der Waals surface area contributed by atoms with Gasteiger partial charge in [0.25, 0.3) is 0 Å². The summed E-state index contributed by atoms with van der Waals surface area (Å²) in [6, 6.07) is 0. The molecule has 1 aliphatic carbocycles. The van der Waals surface area contributed by atoms with Crippen LogP contribution in [0.3, 0.4) is 0 Å². The lowest BCUT2D eigenvalue weighted by molar-refractivity contribution is 0.0859. The average molecular weight is 221 g/mol. The molecule has 2 N–H and O–H groups in total. The third-order valence-electron chi connectivity index (χ3n) is 3.50. The summed E-state index contributed by atoms with van der Waals surface area (Å²) in [5, 5.41) is 12.5. The Morgan fingerprint density at radius 1 is 1.31 bits per heavy atom. The molecule has 1 fully saturated rings. The fraction of sp³-hybridized carbons (Fsp3) is 0.667. The smallest absolute Gasteiger partial charge is 0.115 e. The molecular formula is C12H19N3O. The minimum Gasteiger partial charge on any atom is -0.396 e. The second-order valence-corrected chi connectivity index (χ2v) is 4.68. The zero-order chi connectivity index (χ0) is 11.3. The lowest BCUT2D eigenvalue weighted by Gasteiger charge is -2.42. The molecule has 1 aromatic rings. The first-order chi connectivity index (χ1) is 7.85. The van der Waals surface area contributed by atoms with Gasteiger partial charge in [-0.25, -0.2) is 9.97 Å². The van der Waals surface area contributed by atoms with E-state index in [1.54, 1.807) is 6.33 Å². The highest BCUT2D eigenvalue weighted by molar-refractivity contribution is 5.02. The number of hydrogen-bond acceptors (Lipinski definition) is 4. The molecule has 88 valence electrons. The molecule has 1 aromatic heterocycles. The number of rotatable bonds is 6. The Morgan fingerprint density at radius 3 is 2.62 bits per heavy atom. The van der Waals surface area contributed by atoms with Crippen LogP contribution in [0.2, 0.25) is 0 Å². The molecule has 2 rings (SSSR count). The van der Waals surface area contributed by atoms with Gasteiger partial charge >= 0.3 is 0 Å². The van der Waals surface area contributed by atoms with E-state index < -0.39 is 0 Å². The molecule has 0 saturated heterocycles. The molecule has 0 aliphatic heterocycles. The van der Waals surface area contributed by atoms with Crippen molar-refractivity contribution in [2.24, 2.45) is 5.41 Å². The van der Waals surface area contributed by atoms with E-state index in [4.69, 9.17) is 5.11 Å². The summed E-state index contributed by atoms with van der Waals surface area (Å²) in [5.74, 6) is 0. The van der Waals surface area contributed by atoms with Crippen molar-refractivity contribution in [2.45, 2.75) is 32.2 Å². The first-order valence-corrected chi connectivity index (χ1v) is 5.90. The van der Waals surface area contributed by atoms with Gasteiger partial charge in [-0.3, -0.25) is 0 Å². The highest BCUT2D eigenvalue weighted by atomic mass is 16.3.